The van der Waals surface area contributed by atoms with E-state index in [1.807, 2.05) is 13.8 Å². The monoisotopic (exact) mass is 480 g/mol. The number of nitrogens with two attached hydrogens (primary N) is 1. The Labute approximate surface area is 185 Å². The number of carbonyl (C=O) groups is 2. The molecule has 2 aromatic rings. The number of amides is 2. The van der Waals surface area contributed by atoms with Gasteiger partial charge in [0.15, 0.2) is 0 Å². The lowest BCUT2D eigenvalue weighted by Gasteiger charge is -2.22. The minimum Gasteiger partial charge on any atom is -0.467 e. The van der Waals surface area contributed by atoms with Crippen LogP contribution in [0.3, 0.4) is 0 Å². The van der Waals surface area contributed by atoms with Crippen LogP contribution < -0.4 is 5.84 Å². The summed E-state index contributed by atoms with van der Waals surface area (Å²) in [7, 11) is 0. The van der Waals surface area contributed by atoms with Crippen LogP contribution in [0.5, 0.6) is 0 Å². The molecule has 0 saturated carbocycles. The van der Waals surface area contributed by atoms with Crippen molar-refractivity contribution in [3.05, 3.63) is 24.2 Å². The fourth-order valence-electron chi connectivity index (χ4n) is 2.51. The minimum atomic E-state index is -4.55. The first-order chi connectivity index (χ1) is 14.6. The van der Waals surface area contributed by atoms with Crippen molar-refractivity contribution in [2.75, 3.05) is 37.0 Å². The fraction of sp³-hybridized carbons (Fsp3) is 0.529. The highest BCUT2D eigenvalue weighted by Gasteiger charge is 2.33. The quantitative estimate of drug-likeness (QED) is 0.385. The van der Waals surface area contributed by atoms with Crippen molar-refractivity contribution < 1.29 is 27.2 Å². The molecule has 0 unspecified atom stereocenters. The van der Waals surface area contributed by atoms with Gasteiger partial charge in [0.05, 0.1) is 24.3 Å². The van der Waals surface area contributed by atoms with Crippen LogP contribution in [0, 0.1) is 0 Å². The minimum absolute atomic E-state index is 0.0805. The molecule has 0 aliphatic carbocycles. The Bertz CT molecular complexity index is 856. The lowest BCUT2D eigenvalue weighted by Crippen LogP contribution is -2.39. The topological polar surface area (TPSA) is 110 Å². The van der Waals surface area contributed by atoms with E-state index in [2.05, 4.69) is 10.2 Å². The molecule has 2 rings (SSSR count). The number of nitrogens with zero attached hydrogens (tertiary/aromatic N) is 5. The summed E-state index contributed by atoms with van der Waals surface area (Å²) in [5.74, 6) is 5.10. The van der Waals surface area contributed by atoms with Gasteiger partial charge in [-0.05, 0) is 26.0 Å². The average Bonchev–Trinajstić information content (AvgIpc) is 3.34. The van der Waals surface area contributed by atoms with Crippen LogP contribution in [0.15, 0.2) is 33.1 Å². The number of furan rings is 1. The summed E-state index contributed by atoms with van der Waals surface area (Å²) in [4.78, 5) is 26.8. The van der Waals surface area contributed by atoms with Crippen molar-refractivity contribution in [3.63, 3.8) is 0 Å². The summed E-state index contributed by atoms with van der Waals surface area (Å²) >= 11 is 1.95. The van der Waals surface area contributed by atoms with Crippen LogP contribution in [0.25, 0.3) is 0 Å². The third-order valence-corrected chi connectivity index (χ3v) is 5.90. The molecule has 0 saturated heterocycles. The molecule has 2 heterocycles. The Balaban J connectivity index is 1.96. The first-order valence-electron chi connectivity index (χ1n) is 9.25. The lowest BCUT2D eigenvalue weighted by atomic mass is 10.3. The number of alkyl halides is 3. The van der Waals surface area contributed by atoms with Gasteiger partial charge >= 0.3 is 6.18 Å². The first-order valence-corrected chi connectivity index (χ1v) is 11.2. The van der Waals surface area contributed by atoms with Crippen LogP contribution in [-0.4, -0.2) is 73.8 Å². The van der Waals surface area contributed by atoms with Gasteiger partial charge < -0.3 is 20.1 Å². The second kappa shape index (κ2) is 11.3. The van der Waals surface area contributed by atoms with Crippen LogP contribution >= 0.6 is 23.5 Å². The van der Waals surface area contributed by atoms with Crippen molar-refractivity contribution in [2.24, 2.45) is 0 Å². The van der Waals surface area contributed by atoms with E-state index < -0.39 is 18.6 Å². The molecule has 0 aliphatic rings. The molecule has 14 heteroatoms. The van der Waals surface area contributed by atoms with Crippen molar-refractivity contribution >= 4 is 35.3 Å². The Morgan fingerprint density at radius 1 is 1.10 bits per heavy atom. The number of nitrogen functional groups attached to an aromatic ring is 1. The number of aromatic nitrogens is 3. The average molecular weight is 481 g/mol. The normalized spacial score (nSPS) is 11.5. The van der Waals surface area contributed by atoms with Gasteiger partial charge in [-0.15, -0.1) is 10.2 Å². The molecular formula is C17H23F3N6O3S2. The highest BCUT2D eigenvalue weighted by Crippen LogP contribution is 2.23. The van der Waals surface area contributed by atoms with Gasteiger partial charge in [-0.2, -0.15) is 13.2 Å². The molecule has 31 heavy (non-hydrogen) atoms. The maximum absolute atomic E-state index is 12.9. The first kappa shape index (κ1) is 24.9. The molecule has 0 fully saturated rings. The molecule has 2 N–H and O–H groups in total. The van der Waals surface area contributed by atoms with E-state index >= 15 is 0 Å². The predicted octanol–water partition coefficient (Wildman–Crippen LogP) is 2.23. The molecule has 172 valence electrons. The van der Waals surface area contributed by atoms with Crippen LogP contribution in [0.2, 0.25) is 0 Å². The lowest BCUT2D eigenvalue weighted by molar-refractivity contribution is -0.161. The van der Waals surface area contributed by atoms with E-state index in [9.17, 15) is 22.8 Å². The third-order valence-electron chi connectivity index (χ3n) is 4.05. The SMILES string of the molecule is CCN(CC)C(=O)CSc1nnc(SCC(=O)N(Cc2ccco2)CC(F)(F)F)n1N. The van der Waals surface area contributed by atoms with Gasteiger partial charge in [-0.25, -0.2) is 4.68 Å². The molecule has 9 nitrogen and oxygen atoms in total. The van der Waals surface area contributed by atoms with Crippen molar-refractivity contribution in [2.45, 2.75) is 36.9 Å². The molecular weight excluding hydrogens is 457 g/mol. The van der Waals surface area contributed by atoms with Gasteiger partial charge in [0, 0.05) is 13.1 Å². The fourth-order valence-corrected chi connectivity index (χ4v) is 4.09. The molecule has 0 radical (unpaired) electrons. The van der Waals surface area contributed by atoms with Crippen LogP contribution in [0.1, 0.15) is 19.6 Å². The van der Waals surface area contributed by atoms with E-state index in [1.54, 1.807) is 4.90 Å². The van der Waals surface area contributed by atoms with Gasteiger partial charge in [0.2, 0.25) is 22.1 Å². The summed E-state index contributed by atoms with van der Waals surface area (Å²) < 4.78 is 44.8. The molecule has 0 aliphatic heterocycles. The zero-order valence-corrected chi connectivity index (χ0v) is 18.6. The van der Waals surface area contributed by atoms with E-state index in [0.717, 1.165) is 28.2 Å². The van der Waals surface area contributed by atoms with E-state index in [1.165, 1.54) is 18.4 Å². The van der Waals surface area contributed by atoms with Crippen molar-refractivity contribution in [1.82, 2.24) is 24.7 Å². The molecule has 0 bridgehead atoms. The Hall–Kier alpha value is -2.35. The second-order valence-corrected chi connectivity index (χ2v) is 8.11. The summed E-state index contributed by atoms with van der Waals surface area (Å²) in [6.45, 7) is 3.20. The molecule has 0 spiro atoms. The van der Waals surface area contributed by atoms with Gasteiger partial charge in [0.25, 0.3) is 0 Å². The predicted molar refractivity (Wildman–Crippen MR) is 110 cm³/mol. The number of thioether (sulfide) groups is 2. The highest BCUT2D eigenvalue weighted by atomic mass is 32.2. The largest absolute Gasteiger partial charge is 0.467 e. The number of hydrogen-bond acceptors (Lipinski definition) is 8. The summed E-state index contributed by atoms with van der Waals surface area (Å²) in [5, 5.41) is 8.15. The van der Waals surface area contributed by atoms with E-state index in [-0.39, 0.29) is 40.0 Å². The molecule has 2 amide bonds. The third kappa shape index (κ3) is 7.69. The zero-order chi connectivity index (χ0) is 23.0. The highest BCUT2D eigenvalue weighted by molar-refractivity contribution is 8.00. The molecule has 0 atom stereocenters. The Morgan fingerprint density at radius 2 is 1.65 bits per heavy atom. The van der Waals surface area contributed by atoms with Crippen molar-refractivity contribution in [3.8, 4) is 0 Å². The number of hydrogen-bond donors (Lipinski definition) is 1. The van der Waals surface area contributed by atoms with Crippen molar-refractivity contribution in [1.29, 1.82) is 0 Å². The molecule has 0 aromatic carbocycles. The van der Waals surface area contributed by atoms with Gasteiger partial charge in [-0.1, -0.05) is 23.5 Å². The zero-order valence-electron chi connectivity index (χ0n) is 17.0. The summed E-state index contributed by atoms with van der Waals surface area (Å²) in [5.41, 5.74) is 0. The Kier molecular flexibility index (Phi) is 9.10. The van der Waals surface area contributed by atoms with Gasteiger partial charge in [-0.3, -0.25) is 9.59 Å². The van der Waals surface area contributed by atoms with Crippen LogP contribution in [-0.2, 0) is 16.1 Å². The smallest absolute Gasteiger partial charge is 0.406 e. The summed E-state index contributed by atoms with van der Waals surface area (Å²) in [6, 6.07) is 3.02. The van der Waals surface area contributed by atoms with E-state index in [4.69, 9.17) is 10.3 Å². The number of rotatable bonds is 11. The standard InChI is InChI=1S/C17H23F3N6O3S2/c1-3-24(4-2)13(27)9-30-15-22-23-16(26(15)21)31-10-14(28)25(11-17(18,19)20)8-12-6-5-7-29-12/h5-7H,3-4,8-11,21H2,1-2H3. The maximum atomic E-state index is 12.9. The van der Waals surface area contributed by atoms with Crippen LogP contribution in [0.4, 0.5) is 13.2 Å². The molecule has 2 aromatic heterocycles. The number of halogens is 3. The van der Waals surface area contributed by atoms with E-state index in [0.29, 0.717) is 18.0 Å². The number of carbonyl (C=O) groups excluding carboxylic acids is 2. The maximum Gasteiger partial charge on any atom is 0.406 e. The Morgan fingerprint density at radius 3 is 2.10 bits per heavy atom. The second-order valence-electron chi connectivity index (χ2n) is 6.22. The van der Waals surface area contributed by atoms with Gasteiger partial charge in [0.1, 0.15) is 12.3 Å². The summed E-state index contributed by atoms with van der Waals surface area (Å²) in [6.07, 6.45) is -3.23.